The molecule has 2 atom stereocenters. The second-order valence-electron chi connectivity index (χ2n) is 4.45. The van der Waals surface area contributed by atoms with Crippen LogP contribution in [-0.4, -0.2) is 23.9 Å². The standard InChI is InChI=1S/C13H14ClFN2O2/c1-3-10-13(19)17(7(2)12(18)16-10)11-5-4-8(15)6-9(11)14/h4-7,10H,3H2,1-2H3,(H,16,18). The number of nitrogens with zero attached hydrogens (tertiary/aromatic N) is 1. The number of rotatable bonds is 2. The third-order valence-electron chi connectivity index (χ3n) is 3.20. The van der Waals surface area contributed by atoms with Gasteiger partial charge < -0.3 is 5.32 Å². The number of halogens is 2. The van der Waals surface area contributed by atoms with Crippen LogP contribution in [0.1, 0.15) is 20.3 Å². The van der Waals surface area contributed by atoms with Crippen LogP contribution in [-0.2, 0) is 9.59 Å². The van der Waals surface area contributed by atoms with E-state index in [0.717, 1.165) is 6.07 Å². The smallest absolute Gasteiger partial charge is 0.250 e. The van der Waals surface area contributed by atoms with E-state index in [1.807, 2.05) is 6.92 Å². The van der Waals surface area contributed by atoms with Crippen LogP contribution >= 0.6 is 11.6 Å². The Labute approximate surface area is 115 Å². The van der Waals surface area contributed by atoms with Crippen LogP contribution in [0.4, 0.5) is 10.1 Å². The second kappa shape index (κ2) is 5.17. The van der Waals surface area contributed by atoms with Crippen LogP contribution in [0.3, 0.4) is 0 Å². The van der Waals surface area contributed by atoms with Gasteiger partial charge in [0, 0.05) is 0 Å². The minimum atomic E-state index is -0.668. The highest BCUT2D eigenvalue weighted by atomic mass is 35.5. The Kier molecular flexibility index (Phi) is 3.75. The van der Waals surface area contributed by atoms with E-state index in [1.54, 1.807) is 6.92 Å². The number of anilines is 1. The maximum atomic E-state index is 13.1. The summed E-state index contributed by atoms with van der Waals surface area (Å²) in [5, 5.41) is 2.76. The van der Waals surface area contributed by atoms with E-state index >= 15 is 0 Å². The van der Waals surface area contributed by atoms with Gasteiger partial charge in [0.1, 0.15) is 17.9 Å². The van der Waals surface area contributed by atoms with E-state index in [2.05, 4.69) is 5.32 Å². The topological polar surface area (TPSA) is 49.4 Å². The molecule has 1 aliphatic heterocycles. The molecule has 0 saturated carbocycles. The molecule has 0 radical (unpaired) electrons. The summed E-state index contributed by atoms with van der Waals surface area (Å²) in [6.07, 6.45) is 0.493. The summed E-state index contributed by atoms with van der Waals surface area (Å²) < 4.78 is 13.1. The van der Waals surface area contributed by atoms with Crippen molar-refractivity contribution in [1.82, 2.24) is 5.32 Å². The van der Waals surface area contributed by atoms with Crippen molar-refractivity contribution in [1.29, 1.82) is 0 Å². The van der Waals surface area contributed by atoms with Gasteiger partial charge in [-0.05, 0) is 31.5 Å². The van der Waals surface area contributed by atoms with Crippen LogP contribution in [0.5, 0.6) is 0 Å². The number of nitrogens with one attached hydrogen (secondary N) is 1. The highest BCUT2D eigenvalue weighted by Gasteiger charge is 2.38. The van der Waals surface area contributed by atoms with Gasteiger partial charge in [0.05, 0.1) is 10.7 Å². The molecule has 1 saturated heterocycles. The number of carbonyl (C=O) groups excluding carboxylic acids is 2. The van der Waals surface area contributed by atoms with E-state index in [1.165, 1.54) is 17.0 Å². The van der Waals surface area contributed by atoms with Crippen molar-refractivity contribution in [2.75, 3.05) is 4.90 Å². The predicted molar refractivity (Wildman–Crippen MR) is 70.6 cm³/mol. The van der Waals surface area contributed by atoms with Gasteiger partial charge >= 0.3 is 0 Å². The van der Waals surface area contributed by atoms with Gasteiger partial charge in [-0.1, -0.05) is 18.5 Å². The number of hydrogen-bond donors (Lipinski definition) is 1. The minimum Gasteiger partial charge on any atom is -0.343 e. The molecule has 1 aromatic rings. The highest BCUT2D eigenvalue weighted by Crippen LogP contribution is 2.30. The largest absolute Gasteiger partial charge is 0.343 e. The first-order valence-corrected chi connectivity index (χ1v) is 6.42. The maximum Gasteiger partial charge on any atom is 0.250 e. The van der Waals surface area contributed by atoms with E-state index in [9.17, 15) is 14.0 Å². The Morgan fingerprint density at radius 1 is 1.42 bits per heavy atom. The highest BCUT2D eigenvalue weighted by molar-refractivity contribution is 6.34. The predicted octanol–water partition coefficient (Wildman–Crippen LogP) is 2.11. The number of benzene rings is 1. The molecule has 102 valence electrons. The second-order valence-corrected chi connectivity index (χ2v) is 4.86. The van der Waals surface area contributed by atoms with Crippen molar-refractivity contribution >= 4 is 29.1 Å². The molecule has 2 amide bonds. The third-order valence-corrected chi connectivity index (χ3v) is 3.50. The van der Waals surface area contributed by atoms with Gasteiger partial charge in [-0.3, -0.25) is 14.5 Å². The fourth-order valence-corrected chi connectivity index (χ4v) is 2.37. The van der Waals surface area contributed by atoms with Crippen molar-refractivity contribution in [2.45, 2.75) is 32.4 Å². The van der Waals surface area contributed by atoms with Gasteiger partial charge in [-0.25, -0.2) is 4.39 Å². The monoisotopic (exact) mass is 284 g/mol. The van der Waals surface area contributed by atoms with Crippen molar-refractivity contribution in [3.63, 3.8) is 0 Å². The lowest BCUT2D eigenvalue weighted by atomic mass is 10.1. The van der Waals surface area contributed by atoms with Crippen LogP contribution < -0.4 is 10.2 Å². The molecule has 0 spiro atoms. The van der Waals surface area contributed by atoms with Crippen molar-refractivity contribution < 1.29 is 14.0 Å². The number of piperazine rings is 1. The fourth-order valence-electron chi connectivity index (χ4n) is 2.11. The summed E-state index contributed by atoms with van der Waals surface area (Å²) in [7, 11) is 0. The maximum absolute atomic E-state index is 13.1. The zero-order valence-electron chi connectivity index (χ0n) is 10.6. The summed E-state index contributed by atoms with van der Waals surface area (Å²) in [6.45, 7) is 3.42. The van der Waals surface area contributed by atoms with E-state index in [-0.39, 0.29) is 16.8 Å². The molecule has 1 aromatic carbocycles. The summed E-state index contributed by atoms with van der Waals surface area (Å²) in [5.41, 5.74) is 0.355. The molecule has 0 bridgehead atoms. The molecule has 1 aliphatic rings. The molecule has 2 rings (SSSR count). The Hall–Kier alpha value is -1.62. The number of carbonyl (C=O) groups is 2. The van der Waals surface area contributed by atoms with Crippen molar-refractivity contribution in [3.05, 3.63) is 29.0 Å². The SMILES string of the molecule is CCC1NC(=O)C(C)N(c2ccc(F)cc2Cl)C1=O. The van der Waals surface area contributed by atoms with Gasteiger partial charge in [0.2, 0.25) is 11.8 Å². The quantitative estimate of drug-likeness (QED) is 0.904. The molecular weight excluding hydrogens is 271 g/mol. The zero-order valence-corrected chi connectivity index (χ0v) is 11.4. The zero-order chi connectivity index (χ0) is 14.2. The Morgan fingerprint density at radius 2 is 2.11 bits per heavy atom. The lowest BCUT2D eigenvalue weighted by Gasteiger charge is -2.37. The summed E-state index contributed by atoms with van der Waals surface area (Å²) in [4.78, 5) is 25.5. The first-order chi connectivity index (χ1) is 8.95. The molecule has 6 heteroatoms. The Morgan fingerprint density at radius 3 is 2.68 bits per heavy atom. The van der Waals surface area contributed by atoms with Crippen LogP contribution in [0.15, 0.2) is 18.2 Å². The lowest BCUT2D eigenvalue weighted by molar-refractivity contribution is -0.133. The Balaban J connectivity index is 2.45. The normalized spacial score (nSPS) is 23.5. The molecule has 1 fully saturated rings. The summed E-state index contributed by atoms with van der Waals surface area (Å²) in [6, 6.07) is 2.53. The summed E-state index contributed by atoms with van der Waals surface area (Å²) >= 11 is 5.97. The fraction of sp³-hybridized carbons (Fsp3) is 0.385. The van der Waals surface area contributed by atoms with Gasteiger partial charge in [0.25, 0.3) is 0 Å². The average Bonchev–Trinajstić information content (AvgIpc) is 2.36. The molecule has 0 aromatic heterocycles. The van der Waals surface area contributed by atoms with Gasteiger partial charge in [-0.15, -0.1) is 0 Å². The van der Waals surface area contributed by atoms with Crippen LogP contribution in [0.2, 0.25) is 5.02 Å². The number of amides is 2. The van der Waals surface area contributed by atoms with E-state index in [0.29, 0.717) is 12.1 Å². The minimum absolute atomic E-state index is 0.116. The van der Waals surface area contributed by atoms with Crippen LogP contribution in [0.25, 0.3) is 0 Å². The Bertz CT molecular complexity index is 535. The molecule has 1 N–H and O–H groups in total. The van der Waals surface area contributed by atoms with E-state index < -0.39 is 17.9 Å². The molecule has 4 nitrogen and oxygen atoms in total. The lowest BCUT2D eigenvalue weighted by Crippen LogP contribution is -2.62. The number of hydrogen-bond acceptors (Lipinski definition) is 2. The molecule has 2 unspecified atom stereocenters. The summed E-state index contributed by atoms with van der Waals surface area (Å²) in [5.74, 6) is -0.961. The molecular formula is C13H14ClFN2O2. The molecule has 0 aliphatic carbocycles. The van der Waals surface area contributed by atoms with Crippen molar-refractivity contribution in [2.24, 2.45) is 0 Å². The first kappa shape index (κ1) is 13.8. The van der Waals surface area contributed by atoms with E-state index in [4.69, 9.17) is 11.6 Å². The van der Waals surface area contributed by atoms with Gasteiger partial charge in [-0.2, -0.15) is 0 Å². The average molecular weight is 285 g/mol. The molecule has 1 heterocycles. The third kappa shape index (κ3) is 2.42. The van der Waals surface area contributed by atoms with Crippen LogP contribution in [0, 0.1) is 5.82 Å². The van der Waals surface area contributed by atoms with Crippen molar-refractivity contribution in [3.8, 4) is 0 Å². The molecule has 19 heavy (non-hydrogen) atoms. The van der Waals surface area contributed by atoms with Gasteiger partial charge in [0.15, 0.2) is 0 Å². The first-order valence-electron chi connectivity index (χ1n) is 6.04.